The van der Waals surface area contributed by atoms with Gasteiger partial charge in [-0.05, 0) is 12.3 Å². The van der Waals surface area contributed by atoms with Crippen molar-refractivity contribution in [2.45, 2.75) is 45.2 Å². The number of carbonyl (C=O) groups is 3. The zero-order valence-electron chi connectivity index (χ0n) is 11.2. The quantitative estimate of drug-likeness (QED) is 0.548. The molecule has 2 unspecified atom stereocenters. The number of amides is 3. The number of hydrogen-bond donors (Lipinski definition) is 4. The standard InChI is InChI=1S/C12H21N3O4/c1-7(2)9(5-11(17)18)15-12(19)13-6-8-3-4-10(16)14-8/h7-9H,3-6H2,1-2H3,(H,14,16)(H,17,18)(H2,13,15,19). The average Bonchev–Trinajstić information content (AvgIpc) is 2.71. The van der Waals surface area contributed by atoms with Crippen molar-refractivity contribution in [3.05, 3.63) is 0 Å². The van der Waals surface area contributed by atoms with Crippen LogP contribution in [0.5, 0.6) is 0 Å². The zero-order chi connectivity index (χ0) is 14.4. The minimum atomic E-state index is -0.943. The van der Waals surface area contributed by atoms with Crippen LogP contribution in [-0.2, 0) is 9.59 Å². The van der Waals surface area contributed by atoms with Gasteiger partial charge in [0.25, 0.3) is 0 Å². The summed E-state index contributed by atoms with van der Waals surface area (Å²) >= 11 is 0. The van der Waals surface area contributed by atoms with E-state index in [0.29, 0.717) is 19.4 Å². The van der Waals surface area contributed by atoms with Gasteiger partial charge in [-0.3, -0.25) is 9.59 Å². The first-order chi connectivity index (χ1) is 8.88. The van der Waals surface area contributed by atoms with E-state index in [1.54, 1.807) is 0 Å². The Morgan fingerprint density at radius 1 is 1.47 bits per heavy atom. The number of hydrogen-bond acceptors (Lipinski definition) is 3. The molecule has 0 aliphatic carbocycles. The van der Waals surface area contributed by atoms with Crippen LogP contribution in [0.4, 0.5) is 4.79 Å². The Bertz CT molecular complexity index is 357. The summed E-state index contributed by atoms with van der Waals surface area (Å²) in [5.74, 6) is -0.909. The Balaban J connectivity index is 2.31. The molecule has 3 amide bonds. The molecule has 1 fully saturated rings. The second-order valence-electron chi connectivity index (χ2n) is 5.11. The molecule has 1 saturated heterocycles. The van der Waals surface area contributed by atoms with Crippen LogP contribution >= 0.6 is 0 Å². The Kier molecular flexibility index (Phi) is 5.59. The number of rotatable bonds is 6. The average molecular weight is 271 g/mol. The molecule has 7 heteroatoms. The molecular formula is C12H21N3O4. The number of carbonyl (C=O) groups excluding carboxylic acids is 2. The summed E-state index contributed by atoms with van der Waals surface area (Å²) in [7, 11) is 0. The number of nitrogens with one attached hydrogen (secondary N) is 3. The van der Waals surface area contributed by atoms with E-state index in [2.05, 4.69) is 16.0 Å². The van der Waals surface area contributed by atoms with Crippen LogP contribution in [0.1, 0.15) is 33.1 Å². The fourth-order valence-electron chi connectivity index (χ4n) is 1.91. The van der Waals surface area contributed by atoms with Gasteiger partial charge in [-0.15, -0.1) is 0 Å². The van der Waals surface area contributed by atoms with Crippen LogP contribution in [0, 0.1) is 5.92 Å². The van der Waals surface area contributed by atoms with Gasteiger partial charge < -0.3 is 21.1 Å². The van der Waals surface area contributed by atoms with Gasteiger partial charge >= 0.3 is 12.0 Å². The van der Waals surface area contributed by atoms with Gasteiger partial charge in [-0.1, -0.05) is 13.8 Å². The number of carboxylic acids is 1. The summed E-state index contributed by atoms with van der Waals surface area (Å²) in [5, 5.41) is 16.8. The molecule has 1 aliphatic heterocycles. The van der Waals surface area contributed by atoms with Gasteiger partial charge in [0.2, 0.25) is 5.91 Å². The number of carboxylic acid groups (broad SMARTS) is 1. The summed E-state index contributed by atoms with van der Waals surface area (Å²) in [6, 6.07) is -0.841. The molecular weight excluding hydrogens is 250 g/mol. The molecule has 0 radical (unpaired) electrons. The first-order valence-corrected chi connectivity index (χ1v) is 6.44. The first-order valence-electron chi connectivity index (χ1n) is 6.44. The van der Waals surface area contributed by atoms with Gasteiger partial charge in [0.15, 0.2) is 0 Å². The highest BCUT2D eigenvalue weighted by atomic mass is 16.4. The molecule has 0 saturated carbocycles. The molecule has 1 rings (SSSR count). The number of urea groups is 1. The maximum absolute atomic E-state index is 11.6. The van der Waals surface area contributed by atoms with Gasteiger partial charge in [-0.2, -0.15) is 0 Å². The molecule has 0 bridgehead atoms. The van der Waals surface area contributed by atoms with E-state index < -0.39 is 18.0 Å². The van der Waals surface area contributed by atoms with Crippen LogP contribution in [0.2, 0.25) is 0 Å². The van der Waals surface area contributed by atoms with Crippen LogP contribution in [0.15, 0.2) is 0 Å². The van der Waals surface area contributed by atoms with Crippen LogP contribution in [-0.4, -0.2) is 41.6 Å². The lowest BCUT2D eigenvalue weighted by Crippen LogP contribution is -2.48. The molecule has 7 nitrogen and oxygen atoms in total. The van der Waals surface area contributed by atoms with Crippen molar-refractivity contribution in [1.82, 2.24) is 16.0 Å². The minimum Gasteiger partial charge on any atom is -0.481 e. The van der Waals surface area contributed by atoms with Crippen LogP contribution < -0.4 is 16.0 Å². The monoisotopic (exact) mass is 271 g/mol. The summed E-state index contributed by atoms with van der Waals surface area (Å²) < 4.78 is 0. The van der Waals surface area contributed by atoms with E-state index in [1.165, 1.54) is 0 Å². The molecule has 108 valence electrons. The third kappa shape index (κ3) is 5.58. The molecule has 1 heterocycles. The van der Waals surface area contributed by atoms with Gasteiger partial charge in [0.05, 0.1) is 6.42 Å². The first kappa shape index (κ1) is 15.3. The fourth-order valence-corrected chi connectivity index (χ4v) is 1.91. The molecule has 0 aromatic rings. The van der Waals surface area contributed by atoms with Crippen molar-refractivity contribution in [1.29, 1.82) is 0 Å². The highest BCUT2D eigenvalue weighted by Gasteiger charge is 2.22. The summed E-state index contributed by atoms with van der Waals surface area (Å²) in [6.45, 7) is 4.06. The van der Waals surface area contributed by atoms with E-state index >= 15 is 0 Å². The van der Waals surface area contributed by atoms with Gasteiger partial charge in [-0.25, -0.2) is 4.79 Å². The van der Waals surface area contributed by atoms with Gasteiger partial charge in [0.1, 0.15) is 0 Å². The lowest BCUT2D eigenvalue weighted by Gasteiger charge is -2.21. The second kappa shape index (κ2) is 6.96. The van der Waals surface area contributed by atoms with Crippen molar-refractivity contribution >= 4 is 17.9 Å². The van der Waals surface area contributed by atoms with Crippen molar-refractivity contribution in [2.24, 2.45) is 5.92 Å². The lowest BCUT2D eigenvalue weighted by atomic mass is 10.0. The van der Waals surface area contributed by atoms with E-state index in [9.17, 15) is 14.4 Å². The molecule has 1 aliphatic rings. The fraction of sp³-hybridized carbons (Fsp3) is 0.750. The number of aliphatic carboxylic acids is 1. The van der Waals surface area contributed by atoms with Gasteiger partial charge in [0, 0.05) is 25.0 Å². The summed E-state index contributed by atoms with van der Waals surface area (Å²) in [5.41, 5.74) is 0. The molecule has 0 spiro atoms. The maximum atomic E-state index is 11.6. The Morgan fingerprint density at radius 2 is 2.16 bits per heavy atom. The topological polar surface area (TPSA) is 108 Å². The molecule has 0 aromatic heterocycles. The lowest BCUT2D eigenvalue weighted by molar-refractivity contribution is -0.137. The van der Waals surface area contributed by atoms with Crippen molar-refractivity contribution < 1.29 is 19.5 Å². The SMILES string of the molecule is CC(C)C(CC(=O)O)NC(=O)NCC1CCC(=O)N1. The van der Waals surface area contributed by atoms with Crippen LogP contribution in [0.3, 0.4) is 0 Å². The maximum Gasteiger partial charge on any atom is 0.315 e. The van der Waals surface area contributed by atoms with Crippen LogP contribution in [0.25, 0.3) is 0 Å². The van der Waals surface area contributed by atoms with E-state index in [-0.39, 0.29) is 24.3 Å². The highest BCUT2D eigenvalue weighted by molar-refractivity contribution is 5.79. The minimum absolute atomic E-state index is 0.00172. The largest absolute Gasteiger partial charge is 0.481 e. The summed E-state index contributed by atoms with van der Waals surface area (Å²) in [6.07, 6.45) is 1.09. The third-order valence-electron chi connectivity index (χ3n) is 3.11. The summed E-state index contributed by atoms with van der Waals surface area (Å²) in [4.78, 5) is 33.3. The van der Waals surface area contributed by atoms with Crippen molar-refractivity contribution in [3.63, 3.8) is 0 Å². The van der Waals surface area contributed by atoms with Crippen molar-refractivity contribution in [3.8, 4) is 0 Å². The molecule has 2 atom stereocenters. The molecule has 19 heavy (non-hydrogen) atoms. The van der Waals surface area contributed by atoms with E-state index in [0.717, 1.165) is 0 Å². The Hall–Kier alpha value is -1.79. The Labute approximate surface area is 112 Å². The normalized spacial score (nSPS) is 19.9. The predicted molar refractivity (Wildman–Crippen MR) is 68.6 cm³/mol. The smallest absolute Gasteiger partial charge is 0.315 e. The Morgan fingerprint density at radius 3 is 2.63 bits per heavy atom. The predicted octanol–water partition coefficient (Wildman–Crippen LogP) is 0.0635. The highest BCUT2D eigenvalue weighted by Crippen LogP contribution is 2.07. The molecule has 4 N–H and O–H groups in total. The molecule has 0 aromatic carbocycles. The second-order valence-corrected chi connectivity index (χ2v) is 5.11. The zero-order valence-corrected chi connectivity index (χ0v) is 11.2. The van der Waals surface area contributed by atoms with Crippen molar-refractivity contribution in [2.75, 3.05) is 6.54 Å². The van der Waals surface area contributed by atoms with E-state index in [4.69, 9.17) is 5.11 Å². The third-order valence-corrected chi connectivity index (χ3v) is 3.11. The van der Waals surface area contributed by atoms with E-state index in [1.807, 2.05) is 13.8 Å².